The summed E-state index contributed by atoms with van der Waals surface area (Å²) in [7, 11) is 0. The van der Waals surface area contributed by atoms with Crippen LogP contribution in [0.1, 0.15) is 37.2 Å². The van der Waals surface area contributed by atoms with Gasteiger partial charge in [0.05, 0.1) is 34.0 Å². The van der Waals surface area contributed by atoms with E-state index in [1.807, 2.05) is 12.3 Å². The van der Waals surface area contributed by atoms with Crippen LogP contribution in [-0.2, 0) is 6.54 Å². The molecular weight excluding hydrogens is 388 g/mol. The number of primary amides is 2. The molecule has 0 unspecified atom stereocenters. The first-order valence-electron chi connectivity index (χ1n) is 8.83. The zero-order valence-electron chi connectivity index (χ0n) is 15.8. The van der Waals surface area contributed by atoms with Crippen molar-refractivity contribution in [2.45, 2.75) is 20.4 Å². The second-order valence-corrected chi connectivity index (χ2v) is 7.70. The van der Waals surface area contributed by atoms with Crippen molar-refractivity contribution >= 4 is 34.1 Å². The molecule has 3 aromatic heterocycles. The Labute approximate surface area is 170 Å². The number of rotatable bonds is 5. The highest BCUT2D eigenvalue weighted by Crippen LogP contribution is 2.33. The molecule has 4 N–H and O–H groups in total. The number of hydrogen-bond donors (Lipinski definition) is 2. The van der Waals surface area contributed by atoms with E-state index in [0.717, 1.165) is 10.7 Å². The lowest BCUT2D eigenvalue weighted by Crippen LogP contribution is -2.20. The maximum Gasteiger partial charge on any atom is 0.267 e. The lowest BCUT2D eigenvalue weighted by molar-refractivity contribution is 0.0996. The van der Waals surface area contributed by atoms with Crippen molar-refractivity contribution in [3.8, 4) is 11.1 Å². The predicted octanol–water partition coefficient (Wildman–Crippen LogP) is 2.42. The van der Waals surface area contributed by atoms with E-state index in [1.54, 1.807) is 53.4 Å². The third-order valence-corrected chi connectivity index (χ3v) is 5.40. The Morgan fingerprint density at radius 3 is 2.52 bits per heavy atom. The lowest BCUT2D eigenvalue weighted by Gasteiger charge is -2.13. The summed E-state index contributed by atoms with van der Waals surface area (Å²) < 4.78 is 1.71. The van der Waals surface area contributed by atoms with E-state index in [2.05, 4.69) is 15.1 Å². The molecule has 4 rings (SSSR count). The van der Waals surface area contributed by atoms with Crippen LogP contribution < -0.4 is 11.5 Å². The molecule has 0 bridgehead atoms. The van der Waals surface area contributed by atoms with Gasteiger partial charge in [-0.25, -0.2) is 9.97 Å². The van der Waals surface area contributed by atoms with E-state index < -0.39 is 11.8 Å². The van der Waals surface area contributed by atoms with Crippen LogP contribution in [0.25, 0.3) is 22.0 Å². The zero-order valence-corrected chi connectivity index (χ0v) is 16.7. The van der Waals surface area contributed by atoms with Crippen molar-refractivity contribution in [1.82, 2.24) is 19.7 Å². The molecule has 2 amide bonds. The van der Waals surface area contributed by atoms with Crippen molar-refractivity contribution in [2.75, 3.05) is 0 Å². The number of fused-ring (bicyclic) bond motifs is 1. The molecule has 3 heterocycles. The number of thiazole rings is 1. The number of carbonyl (C=O) groups excluding carboxylic acids is 2. The van der Waals surface area contributed by atoms with E-state index in [0.29, 0.717) is 34.3 Å². The Balaban J connectivity index is 1.95. The Morgan fingerprint density at radius 2 is 1.86 bits per heavy atom. The third-order valence-electron chi connectivity index (χ3n) is 4.58. The molecule has 8 nitrogen and oxygen atoms in total. The van der Waals surface area contributed by atoms with Crippen LogP contribution in [0.15, 0.2) is 35.8 Å². The smallest absolute Gasteiger partial charge is 0.267 e. The molecular formula is C20H18N6O2S. The van der Waals surface area contributed by atoms with E-state index in [-0.39, 0.29) is 11.3 Å². The maximum absolute atomic E-state index is 12.4. The van der Waals surface area contributed by atoms with Crippen molar-refractivity contribution in [3.63, 3.8) is 0 Å². The number of aromatic nitrogens is 4. The van der Waals surface area contributed by atoms with Gasteiger partial charge in [0.15, 0.2) is 0 Å². The standard InChI is InChI=1S/C20H18N6O2S/c1-10-14(8-26(25-10)7-12-9-29-11(2)23-12)16-17(19(21)27)13-5-3-4-6-15(13)24-18(16)20(22)28/h3-6,8-9H,7H2,1-2H3,(H2,21,27)(H2,22,28). The SMILES string of the molecule is Cc1nc(Cn2cc(-c3c(C(N)=O)nc4ccccc4c3C(N)=O)c(C)n2)cs1. The van der Waals surface area contributed by atoms with Gasteiger partial charge in [-0.3, -0.25) is 14.3 Å². The molecule has 9 heteroatoms. The Bertz CT molecular complexity index is 1270. The minimum absolute atomic E-state index is 0.00958. The summed E-state index contributed by atoms with van der Waals surface area (Å²) in [6, 6.07) is 7.00. The minimum Gasteiger partial charge on any atom is -0.366 e. The van der Waals surface area contributed by atoms with Crippen LogP contribution in [0.4, 0.5) is 0 Å². The Kier molecular flexibility index (Phi) is 4.59. The second kappa shape index (κ2) is 7.10. The van der Waals surface area contributed by atoms with Crippen molar-refractivity contribution in [3.05, 3.63) is 63.5 Å². The molecule has 0 fully saturated rings. The first-order valence-corrected chi connectivity index (χ1v) is 9.71. The number of nitrogens with zero attached hydrogens (tertiary/aromatic N) is 4. The van der Waals surface area contributed by atoms with Gasteiger partial charge in [-0.2, -0.15) is 5.10 Å². The van der Waals surface area contributed by atoms with Gasteiger partial charge >= 0.3 is 0 Å². The van der Waals surface area contributed by atoms with Crippen molar-refractivity contribution in [1.29, 1.82) is 0 Å². The highest BCUT2D eigenvalue weighted by molar-refractivity contribution is 7.09. The van der Waals surface area contributed by atoms with Crippen LogP contribution in [0.5, 0.6) is 0 Å². The number of aryl methyl sites for hydroxylation is 2. The fraction of sp³-hybridized carbons (Fsp3) is 0.150. The van der Waals surface area contributed by atoms with Gasteiger partial charge in [-0.15, -0.1) is 11.3 Å². The number of nitrogens with two attached hydrogens (primary N) is 2. The predicted molar refractivity (Wildman–Crippen MR) is 111 cm³/mol. The summed E-state index contributed by atoms with van der Waals surface area (Å²) in [6.07, 6.45) is 1.76. The number of hydrogen-bond acceptors (Lipinski definition) is 6. The van der Waals surface area contributed by atoms with Gasteiger partial charge in [0.2, 0.25) is 5.91 Å². The van der Waals surface area contributed by atoms with E-state index in [9.17, 15) is 9.59 Å². The summed E-state index contributed by atoms with van der Waals surface area (Å²) in [5, 5.41) is 8.01. The fourth-order valence-corrected chi connectivity index (χ4v) is 4.00. The number of benzene rings is 1. The highest BCUT2D eigenvalue weighted by atomic mass is 32.1. The molecule has 29 heavy (non-hydrogen) atoms. The molecule has 0 saturated carbocycles. The number of pyridine rings is 1. The van der Waals surface area contributed by atoms with E-state index >= 15 is 0 Å². The normalized spacial score (nSPS) is 11.1. The molecule has 0 aliphatic carbocycles. The molecule has 146 valence electrons. The zero-order chi connectivity index (χ0) is 20.7. The minimum atomic E-state index is -0.740. The Morgan fingerprint density at radius 1 is 1.10 bits per heavy atom. The Hall–Kier alpha value is -3.59. The van der Waals surface area contributed by atoms with Gasteiger partial charge in [0, 0.05) is 28.1 Å². The second-order valence-electron chi connectivity index (χ2n) is 6.64. The average Bonchev–Trinajstić information content (AvgIpc) is 3.24. The molecule has 0 aliphatic heterocycles. The largest absolute Gasteiger partial charge is 0.366 e. The van der Waals surface area contributed by atoms with Crippen molar-refractivity contribution < 1.29 is 9.59 Å². The van der Waals surface area contributed by atoms with E-state index in [4.69, 9.17) is 11.5 Å². The molecule has 0 radical (unpaired) electrons. The molecule has 0 spiro atoms. The van der Waals surface area contributed by atoms with Gasteiger partial charge in [0.1, 0.15) is 5.69 Å². The quantitative estimate of drug-likeness (QED) is 0.526. The molecule has 0 atom stereocenters. The molecule has 4 aromatic rings. The van der Waals surface area contributed by atoms with Gasteiger partial charge in [-0.1, -0.05) is 18.2 Å². The van der Waals surface area contributed by atoms with E-state index in [1.165, 1.54) is 0 Å². The molecule has 1 aromatic carbocycles. The topological polar surface area (TPSA) is 130 Å². The van der Waals surface area contributed by atoms with Crippen LogP contribution in [-0.4, -0.2) is 31.6 Å². The monoisotopic (exact) mass is 406 g/mol. The summed E-state index contributed by atoms with van der Waals surface area (Å²) >= 11 is 1.56. The number of para-hydroxylation sites is 1. The van der Waals surface area contributed by atoms with Crippen molar-refractivity contribution in [2.24, 2.45) is 11.5 Å². The third kappa shape index (κ3) is 3.36. The average molecular weight is 406 g/mol. The summed E-state index contributed by atoms with van der Waals surface area (Å²) in [4.78, 5) is 33.4. The van der Waals surface area contributed by atoms with Crippen LogP contribution in [0.3, 0.4) is 0 Å². The molecule has 0 aliphatic rings. The van der Waals surface area contributed by atoms with Crippen LogP contribution >= 0.6 is 11.3 Å². The van der Waals surface area contributed by atoms with Gasteiger partial charge < -0.3 is 11.5 Å². The number of amides is 2. The van der Waals surface area contributed by atoms with Gasteiger partial charge in [0.25, 0.3) is 5.91 Å². The van der Waals surface area contributed by atoms with Gasteiger partial charge in [-0.05, 0) is 19.9 Å². The first kappa shape index (κ1) is 18.8. The fourth-order valence-electron chi connectivity index (χ4n) is 3.40. The van der Waals surface area contributed by atoms with Crippen LogP contribution in [0.2, 0.25) is 0 Å². The maximum atomic E-state index is 12.4. The lowest BCUT2D eigenvalue weighted by atomic mass is 9.94. The summed E-state index contributed by atoms with van der Waals surface area (Å²) in [5.74, 6) is -1.40. The summed E-state index contributed by atoms with van der Waals surface area (Å²) in [6.45, 7) is 4.19. The summed E-state index contributed by atoms with van der Waals surface area (Å²) in [5.41, 5.74) is 14.4. The van der Waals surface area contributed by atoms with Crippen LogP contribution in [0, 0.1) is 13.8 Å². The molecule has 0 saturated heterocycles. The first-order chi connectivity index (χ1) is 13.8. The highest BCUT2D eigenvalue weighted by Gasteiger charge is 2.25. The number of carbonyl (C=O) groups is 2.